The Bertz CT molecular complexity index is 1370. The van der Waals surface area contributed by atoms with Crippen LogP contribution in [-0.4, -0.2) is 22.4 Å². The topological polar surface area (TPSA) is 55.0 Å². The summed E-state index contributed by atoms with van der Waals surface area (Å²) < 4.78 is 5.54. The van der Waals surface area contributed by atoms with Crippen molar-refractivity contribution in [3.8, 4) is 28.1 Å². The molecule has 0 bridgehead atoms. The number of aromatic nitrogens is 2. The molecule has 4 nitrogen and oxygen atoms in total. The second-order valence-corrected chi connectivity index (χ2v) is 7.53. The van der Waals surface area contributed by atoms with Crippen LogP contribution in [0, 0.1) is 0 Å². The number of hydrogen-bond acceptors (Lipinski definition) is 3. The SMILES string of the molecule is CCOc1ccc(-c2cc3c(-c4ccc(C(=O)c5ccccc5)cc4)ccnc3[nH]2)cc1. The number of ketones is 1. The standard InChI is InChI=1S/C28H22N2O2/c1-2-32-23-14-12-20(13-15-23)26-18-25-24(16-17-29-28(25)30-26)19-8-10-22(11-9-19)27(31)21-6-4-3-5-7-21/h3-18H,2H2,1H3,(H,29,30). The summed E-state index contributed by atoms with van der Waals surface area (Å²) in [7, 11) is 0. The van der Waals surface area contributed by atoms with E-state index < -0.39 is 0 Å². The number of hydrogen-bond donors (Lipinski definition) is 1. The predicted molar refractivity (Wildman–Crippen MR) is 128 cm³/mol. The van der Waals surface area contributed by atoms with Gasteiger partial charge in [-0.25, -0.2) is 4.98 Å². The Morgan fingerprint density at radius 1 is 0.844 bits per heavy atom. The number of carbonyl (C=O) groups excluding carboxylic acids is 1. The summed E-state index contributed by atoms with van der Waals surface area (Å²) in [6.45, 7) is 2.62. The molecule has 2 heterocycles. The van der Waals surface area contributed by atoms with E-state index in [1.54, 1.807) is 6.20 Å². The average molecular weight is 418 g/mol. The van der Waals surface area contributed by atoms with Crippen LogP contribution in [0.4, 0.5) is 0 Å². The zero-order valence-corrected chi connectivity index (χ0v) is 17.7. The molecule has 0 atom stereocenters. The first-order chi connectivity index (χ1) is 15.7. The maximum absolute atomic E-state index is 12.7. The fourth-order valence-electron chi connectivity index (χ4n) is 3.89. The number of nitrogens with one attached hydrogen (secondary N) is 1. The lowest BCUT2D eigenvalue weighted by atomic mass is 9.98. The van der Waals surface area contributed by atoms with Gasteiger partial charge in [-0.1, -0.05) is 54.6 Å². The van der Waals surface area contributed by atoms with Gasteiger partial charge in [0.25, 0.3) is 0 Å². The molecule has 32 heavy (non-hydrogen) atoms. The van der Waals surface area contributed by atoms with Crippen LogP contribution in [0.15, 0.2) is 97.2 Å². The molecule has 0 radical (unpaired) electrons. The highest BCUT2D eigenvalue weighted by atomic mass is 16.5. The molecular formula is C28H22N2O2. The first kappa shape index (κ1) is 19.8. The second-order valence-electron chi connectivity index (χ2n) is 7.53. The number of pyridine rings is 1. The van der Waals surface area contributed by atoms with Crippen molar-refractivity contribution in [2.45, 2.75) is 6.92 Å². The van der Waals surface area contributed by atoms with E-state index in [2.05, 4.69) is 16.0 Å². The Morgan fingerprint density at radius 3 is 2.25 bits per heavy atom. The van der Waals surface area contributed by atoms with E-state index in [9.17, 15) is 4.79 Å². The van der Waals surface area contributed by atoms with Crippen molar-refractivity contribution in [1.82, 2.24) is 9.97 Å². The van der Waals surface area contributed by atoms with E-state index >= 15 is 0 Å². The maximum Gasteiger partial charge on any atom is 0.193 e. The number of H-pyrrole nitrogens is 1. The summed E-state index contributed by atoms with van der Waals surface area (Å²) in [6, 6.07) is 29.3. The quantitative estimate of drug-likeness (QED) is 0.319. The molecule has 2 aromatic heterocycles. The van der Waals surface area contributed by atoms with Crippen molar-refractivity contribution < 1.29 is 9.53 Å². The van der Waals surface area contributed by atoms with Crippen molar-refractivity contribution in [1.29, 1.82) is 0 Å². The first-order valence-electron chi connectivity index (χ1n) is 10.6. The van der Waals surface area contributed by atoms with Crippen molar-refractivity contribution >= 4 is 16.8 Å². The third-order valence-electron chi connectivity index (χ3n) is 5.50. The van der Waals surface area contributed by atoms with E-state index in [-0.39, 0.29) is 5.78 Å². The fraction of sp³-hybridized carbons (Fsp3) is 0.0714. The Kier molecular flexibility index (Phi) is 5.26. The van der Waals surface area contributed by atoms with Crippen LogP contribution >= 0.6 is 0 Å². The van der Waals surface area contributed by atoms with Gasteiger partial charge in [-0.2, -0.15) is 0 Å². The van der Waals surface area contributed by atoms with Gasteiger partial charge in [0.2, 0.25) is 0 Å². The fourth-order valence-corrected chi connectivity index (χ4v) is 3.89. The van der Waals surface area contributed by atoms with Gasteiger partial charge in [0.15, 0.2) is 5.78 Å². The number of carbonyl (C=O) groups is 1. The van der Waals surface area contributed by atoms with Gasteiger partial charge in [-0.05, 0) is 60.0 Å². The molecule has 0 amide bonds. The highest BCUT2D eigenvalue weighted by molar-refractivity contribution is 6.09. The molecule has 0 aliphatic rings. The van der Waals surface area contributed by atoms with Crippen molar-refractivity contribution in [2.75, 3.05) is 6.61 Å². The van der Waals surface area contributed by atoms with Gasteiger partial charge in [-0.3, -0.25) is 4.79 Å². The van der Waals surface area contributed by atoms with Crippen LogP contribution in [-0.2, 0) is 0 Å². The molecule has 5 aromatic rings. The minimum atomic E-state index is 0.0245. The van der Waals surface area contributed by atoms with Gasteiger partial charge in [0.1, 0.15) is 11.4 Å². The third kappa shape index (κ3) is 3.79. The monoisotopic (exact) mass is 418 g/mol. The lowest BCUT2D eigenvalue weighted by molar-refractivity contribution is 0.103. The molecule has 0 aliphatic carbocycles. The van der Waals surface area contributed by atoms with Gasteiger partial charge in [0, 0.05) is 28.4 Å². The van der Waals surface area contributed by atoms with Crippen LogP contribution in [0.3, 0.4) is 0 Å². The van der Waals surface area contributed by atoms with Crippen LogP contribution in [0.1, 0.15) is 22.8 Å². The molecule has 3 aromatic carbocycles. The molecule has 0 aliphatic heterocycles. The summed E-state index contributed by atoms with van der Waals surface area (Å²) in [6.07, 6.45) is 1.80. The van der Waals surface area contributed by atoms with Crippen molar-refractivity contribution in [2.24, 2.45) is 0 Å². The Balaban J connectivity index is 1.47. The molecule has 0 saturated carbocycles. The van der Waals surface area contributed by atoms with Crippen molar-refractivity contribution in [3.63, 3.8) is 0 Å². The Morgan fingerprint density at radius 2 is 1.53 bits per heavy atom. The van der Waals surface area contributed by atoms with Crippen LogP contribution in [0.2, 0.25) is 0 Å². The van der Waals surface area contributed by atoms with Crippen LogP contribution in [0.5, 0.6) is 5.75 Å². The van der Waals surface area contributed by atoms with E-state index in [0.717, 1.165) is 39.2 Å². The first-order valence-corrected chi connectivity index (χ1v) is 10.6. The molecule has 4 heteroatoms. The summed E-state index contributed by atoms with van der Waals surface area (Å²) in [5, 5.41) is 1.04. The minimum Gasteiger partial charge on any atom is -0.494 e. The molecular weight excluding hydrogens is 396 g/mol. The van der Waals surface area contributed by atoms with E-state index in [1.807, 2.05) is 91.9 Å². The Hall–Kier alpha value is -4.18. The smallest absolute Gasteiger partial charge is 0.193 e. The van der Waals surface area contributed by atoms with Gasteiger partial charge in [0.05, 0.1) is 6.61 Å². The summed E-state index contributed by atoms with van der Waals surface area (Å²) in [5.74, 6) is 0.882. The second kappa shape index (κ2) is 8.52. The molecule has 0 spiro atoms. The number of benzene rings is 3. The lowest BCUT2D eigenvalue weighted by Gasteiger charge is -2.05. The average Bonchev–Trinajstić information content (AvgIpc) is 3.29. The van der Waals surface area contributed by atoms with E-state index in [1.165, 1.54) is 0 Å². The minimum absolute atomic E-state index is 0.0245. The summed E-state index contributed by atoms with van der Waals surface area (Å²) in [5.41, 5.74) is 6.38. The molecule has 156 valence electrons. The van der Waals surface area contributed by atoms with Gasteiger partial charge < -0.3 is 9.72 Å². The zero-order chi connectivity index (χ0) is 21.9. The highest BCUT2D eigenvalue weighted by Gasteiger charge is 2.12. The number of aromatic amines is 1. The molecule has 1 N–H and O–H groups in total. The molecule has 0 unspecified atom stereocenters. The normalized spacial score (nSPS) is 10.9. The highest BCUT2D eigenvalue weighted by Crippen LogP contribution is 2.32. The van der Waals surface area contributed by atoms with E-state index in [0.29, 0.717) is 17.7 Å². The Labute approximate surface area is 186 Å². The zero-order valence-electron chi connectivity index (χ0n) is 17.7. The largest absolute Gasteiger partial charge is 0.494 e. The van der Waals surface area contributed by atoms with Crippen LogP contribution in [0.25, 0.3) is 33.4 Å². The number of fused-ring (bicyclic) bond motifs is 1. The van der Waals surface area contributed by atoms with Crippen molar-refractivity contribution in [3.05, 3.63) is 108 Å². The number of nitrogens with zero attached hydrogens (tertiary/aromatic N) is 1. The lowest BCUT2D eigenvalue weighted by Crippen LogP contribution is -2.00. The predicted octanol–water partition coefficient (Wildman–Crippen LogP) is 6.53. The van der Waals surface area contributed by atoms with Crippen LogP contribution < -0.4 is 4.74 Å². The molecule has 0 saturated heterocycles. The summed E-state index contributed by atoms with van der Waals surface area (Å²) >= 11 is 0. The summed E-state index contributed by atoms with van der Waals surface area (Å²) in [4.78, 5) is 20.6. The van der Waals surface area contributed by atoms with Gasteiger partial charge >= 0.3 is 0 Å². The number of rotatable bonds is 6. The molecule has 5 rings (SSSR count). The van der Waals surface area contributed by atoms with E-state index in [4.69, 9.17) is 4.74 Å². The number of ether oxygens (including phenoxy) is 1. The third-order valence-corrected chi connectivity index (χ3v) is 5.50. The maximum atomic E-state index is 12.7. The molecule has 0 fully saturated rings. The van der Waals surface area contributed by atoms with Gasteiger partial charge in [-0.15, -0.1) is 0 Å².